The monoisotopic (exact) mass is 349 g/mol. The molecule has 4 heteroatoms. The Morgan fingerprint density at radius 1 is 1.29 bits per heavy atom. The van der Waals surface area contributed by atoms with Crippen LogP contribution in [0.15, 0.2) is 18.2 Å². The molecule has 0 N–H and O–H groups in total. The molecule has 0 aromatic heterocycles. The van der Waals surface area contributed by atoms with Crippen LogP contribution in [-0.4, -0.2) is 22.1 Å². The van der Waals surface area contributed by atoms with E-state index in [1.54, 1.807) is 0 Å². The van der Waals surface area contributed by atoms with E-state index in [1.807, 2.05) is 36.9 Å². The van der Waals surface area contributed by atoms with Crippen LogP contribution in [0.25, 0.3) is 0 Å². The molecular formula is C17H20BrNO2. The molecule has 1 saturated carbocycles. The Balaban J connectivity index is 1.93. The van der Waals surface area contributed by atoms with Crippen LogP contribution in [0.3, 0.4) is 0 Å². The number of carbonyl (C=O) groups is 2. The van der Waals surface area contributed by atoms with Crippen LogP contribution in [-0.2, 0) is 11.2 Å². The Bertz CT molecular complexity index is 614. The van der Waals surface area contributed by atoms with Crippen molar-refractivity contribution in [1.82, 2.24) is 0 Å². The summed E-state index contributed by atoms with van der Waals surface area (Å²) >= 11 is 3.42. The maximum absolute atomic E-state index is 12.4. The number of ketones is 1. The molecule has 1 amide bonds. The van der Waals surface area contributed by atoms with Crippen LogP contribution in [0, 0.1) is 5.92 Å². The van der Waals surface area contributed by atoms with Gasteiger partial charge in [-0.05, 0) is 63.8 Å². The number of anilines is 1. The minimum atomic E-state index is -0.561. The smallest absolute Gasteiger partial charge is 0.230 e. The quantitative estimate of drug-likeness (QED) is 0.615. The second kappa shape index (κ2) is 4.94. The van der Waals surface area contributed by atoms with Gasteiger partial charge in [0.1, 0.15) is 0 Å². The normalized spacial score (nSPS) is 21.3. The van der Waals surface area contributed by atoms with Gasteiger partial charge in [-0.2, -0.15) is 0 Å². The number of nitrogens with zero attached hydrogens (tertiary/aromatic N) is 1. The van der Waals surface area contributed by atoms with E-state index in [1.165, 1.54) is 0 Å². The topological polar surface area (TPSA) is 37.4 Å². The van der Waals surface area contributed by atoms with Crippen molar-refractivity contribution in [2.24, 2.45) is 5.92 Å². The molecule has 1 heterocycles. The fourth-order valence-corrected chi connectivity index (χ4v) is 3.21. The van der Waals surface area contributed by atoms with Gasteiger partial charge in [0.15, 0.2) is 5.78 Å². The number of rotatable bonds is 3. The van der Waals surface area contributed by atoms with Crippen molar-refractivity contribution in [2.75, 3.05) is 4.90 Å². The summed E-state index contributed by atoms with van der Waals surface area (Å²) in [6.07, 6.45) is 2.87. The molecule has 21 heavy (non-hydrogen) atoms. The highest BCUT2D eigenvalue weighted by Crippen LogP contribution is 2.39. The van der Waals surface area contributed by atoms with Gasteiger partial charge in [0.25, 0.3) is 0 Å². The van der Waals surface area contributed by atoms with E-state index in [2.05, 4.69) is 22.9 Å². The number of fused-ring (bicyclic) bond motifs is 1. The van der Waals surface area contributed by atoms with Gasteiger partial charge in [0.05, 0.1) is 4.32 Å². The zero-order valence-electron chi connectivity index (χ0n) is 12.6. The Morgan fingerprint density at radius 3 is 2.52 bits per heavy atom. The van der Waals surface area contributed by atoms with Crippen molar-refractivity contribution in [3.63, 3.8) is 0 Å². The maximum atomic E-state index is 12.4. The lowest BCUT2D eigenvalue weighted by atomic mass is 9.98. The fourth-order valence-electron chi connectivity index (χ4n) is 2.98. The van der Waals surface area contributed by atoms with Gasteiger partial charge >= 0.3 is 0 Å². The number of amides is 1. The predicted molar refractivity (Wildman–Crippen MR) is 87.2 cm³/mol. The van der Waals surface area contributed by atoms with E-state index in [-0.39, 0.29) is 23.7 Å². The van der Waals surface area contributed by atoms with Gasteiger partial charge < -0.3 is 4.90 Å². The van der Waals surface area contributed by atoms with E-state index in [4.69, 9.17) is 0 Å². The highest BCUT2D eigenvalue weighted by Gasteiger charge is 2.39. The van der Waals surface area contributed by atoms with Gasteiger partial charge in [-0.1, -0.05) is 15.9 Å². The number of carbonyl (C=O) groups excluding carboxylic acids is 2. The average Bonchev–Trinajstić information content (AvgIpc) is 3.18. The molecule has 1 aromatic rings. The molecule has 1 aliphatic carbocycles. The predicted octanol–water partition coefficient (Wildman–Crippen LogP) is 3.73. The van der Waals surface area contributed by atoms with Crippen molar-refractivity contribution in [1.29, 1.82) is 0 Å². The number of Topliss-reactive ketones (excluding diaryl/α,β-unsaturated/α-hetero) is 1. The average molecular weight is 350 g/mol. The lowest BCUT2D eigenvalue weighted by Gasteiger charge is -2.23. The molecule has 1 atom stereocenters. The minimum Gasteiger partial charge on any atom is -0.309 e. The molecule has 0 spiro atoms. The summed E-state index contributed by atoms with van der Waals surface area (Å²) in [5, 5.41) is 0. The van der Waals surface area contributed by atoms with E-state index < -0.39 is 4.32 Å². The van der Waals surface area contributed by atoms with Crippen molar-refractivity contribution in [3.8, 4) is 0 Å². The van der Waals surface area contributed by atoms with Crippen LogP contribution in [0.5, 0.6) is 0 Å². The highest BCUT2D eigenvalue weighted by atomic mass is 79.9. The van der Waals surface area contributed by atoms with E-state index in [9.17, 15) is 9.59 Å². The van der Waals surface area contributed by atoms with Gasteiger partial charge in [-0.3, -0.25) is 9.59 Å². The molecule has 1 unspecified atom stereocenters. The van der Waals surface area contributed by atoms with Gasteiger partial charge in [-0.15, -0.1) is 0 Å². The number of hydrogen-bond acceptors (Lipinski definition) is 2. The molecule has 1 aliphatic heterocycles. The number of hydrogen-bond donors (Lipinski definition) is 0. The largest absolute Gasteiger partial charge is 0.309 e. The van der Waals surface area contributed by atoms with Crippen molar-refractivity contribution >= 4 is 33.3 Å². The molecule has 0 bridgehead atoms. The lowest BCUT2D eigenvalue weighted by Crippen LogP contribution is -2.36. The van der Waals surface area contributed by atoms with Gasteiger partial charge in [0.2, 0.25) is 5.91 Å². The summed E-state index contributed by atoms with van der Waals surface area (Å²) in [7, 11) is 0. The van der Waals surface area contributed by atoms with E-state index >= 15 is 0 Å². The Labute approximate surface area is 133 Å². The van der Waals surface area contributed by atoms with E-state index in [0.29, 0.717) is 5.56 Å². The van der Waals surface area contributed by atoms with Crippen LogP contribution >= 0.6 is 15.9 Å². The zero-order valence-corrected chi connectivity index (χ0v) is 14.2. The Kier molecular flexibility index (Phi) is 3.47. The molecule has 2 aliphatic rings. The highest BCUT2D eigenvalue weighted by molar-refractivity contribution is 9.10. The van der Waals surface area contributed by atoms with E-state index in [0.717, 1.165) is 30.5 Å². The molecule has 0 radical (unpaired) electrons. The van der Waals surface area contributed by atoms with Crippen LogP contribution in [0.1, 0.15) is 49.5 Å². The van der Waals surface area contributed by atoms with Crippen molar-refractivity contribution in [2.45, 2.75) is 50.4 Å². The number of halogens is 1. The third kappa shape index (κ3) is 2.66. The molecule has 1 fully saturated rings. The first-order chi connectivity index (χ1) is 9.79. The first-order valence-electron chi connectivity index (χ1n) is 7.49. The molecule has 112 valence electrons. The second-order valence-electron chi connectivity index (χ2n) is 6.68. The van der Waals surface area contributed by atoms with Gasteiger partial charge in [-0.25, -0.2) is 0 Å². The van der Waals surface area contributed by atoms with Crippen molar-refractivity contribution in [3.05, 3.63) is 29.3 Å². The lowest BCUT2D eigenvalue weighted by molar-refractivity contribution is -0.120. The summed E-state index contributed by atoms with van der Waals surface area (Å²) in [6.45, 7) is 5.79. The second-order valence-corrected chi connectivity index (χ2v) is 8.66. The molecule has 1 aromatic carbocycles. The minimum absolute atomic E-state index is 0.0740. The SMILES string of the molecule is CC1Cc2cc(C(=O)C(C)(C)Br)ccc2N1C(=O)C1CC1. The standard InChI is InChI=1S/C17H20BrNO2/c1-10-8-13-9-12(15(20)17(2,3)18)6-7-14(13)19(10)16(21)11-4-5-11/h6-7,9-11H,4-5,8H2,1-3H3. The summed E-state index contributed by atoms with van der Waals surface area (Å²) in [4.78, 5) is 26.7. The van der Waals surface area contributed by atoms with Crippen molar-refractivity contribution < 1.29 is 9.59 Å². The zero-order chi connectivity index (χ0) is 15.4. The van der Waals surface area contributed by atoms with Crippen LogP contribution < -0.4 is 4.90 Å². The molecule has 3 nitrogen and oxygen atoms in total. The number of benzene rings is 1. The molecule has 0 saturated heterocycles. The Hall–Kier alpha value is -1.16. The summed E-state index contributed by atoms with van der Waals surface area (Å²) in [6, 6.07) is 5.92. The third-order valence-corrected chi connectivity index (χ3v) is 4.62. The van der Waals surface area contributed by atoms with Crippen LogP contribution in [0.2, 0.25) is 0 Å². The first-order valence-corrected chi connectivity index (χ1v) is 8.28. The maximum Gasteiger partial charge on any atom is 0.230 e. The number of alkyl halides is 1. The summed E-state index contributed by atoms with van der Waals surface area (Å²) < 4.78 is -0.561. The molecule has 3 rings (SSSR count). The van der Waals surface area contributed by atoms with Gasteiger partial charge in [0, 0.05) is 23.2 Å². The summed E-state index contributed by atoms with van der Waals surface area (Å²) in [5.41, 5.74) is 2.81. The Morgan fingerprint density at radius 2 is 1.95 bits per heavy atom. The third-order valence-electron chi connectivity index (χ3n) is 4.26. The molecular weight excluding hydrogens is 330 g/mol. The first kappa shape index (κ1) is 14.8. The van der Waals surface area contributed by atoms with Crippen LogP contribution in [0.4, 0.5) is 5.69 Å². The summed E-state index contributed by atoms with van der Waals surface area (Å²) in [5.74, 6) is 0.548. The fraction of sp³-hybridized carbons (Fsp3) is 0.529.